The van der Waals surface area contributed by atoms with Crippen LogP contribution < -0.4 is 0 Å². The molecule has 1 saturated heterocycles. The van der Waals surface area contributed by atoms with Crippen LogP contribution in [0.2, 0.25) is 0 Å². The molecule has 2 rings (SSSR count). The van der Waals surface area contributed by atoms with Gasteiger partial charge in [-0.25, -0.2) is 4.79 Å². The van der Waals surface area contributed by atoms with Gasteiger partial charge in [-0.3, -0.25) is 9.59 Å². The molecule has 5 nitrogen and oxygen atoms in total. The van der Waals surface area contributed by atoms with Gasteiger partial charge in [0.05, 0.1) is 5.92 Å². The number of hydrogen-bond donors (Lipinski definition) is 0. The summed E-state index contributed by atoms with van der Waals surface area (Å²) in [5.41, 5.74) is 1.09. The van der Waals surface area contributed by atoms with Crippen LogP contribution in [0.5, 0.6) is 0 Å². The Morgan fingerprint density at radius 2 is 1.70 bits per heavy atom. The molecule has 0 spiro atoms. The van der Waals surface area contributed by atoms with Crippen molar-refractivity contribution in [2.24, 2.45) is 5.92 Å². The Morgan fingerprint density at radius 1 is 1.17 bits per heavy atom. The van der Waals surface area contributed by atoms with E-state index in [1.165, 1.54) is 0 Å². The van der Waals surface area contributed by atoms with Crippen molar-refractivity contribution in [2.75, 3.05) is 0 Å². The molecule has 2 amide bonds. The highest BCUT2D eigenvalue weighted by Gasteiger charge is 2.34. The van der Waals surface area contributed by atoms with Crippen molar-refractivity contribution >= 4 is 85.6 Å². The summed E-state index contributed by atoms with van der Waals surface area (Å²) in [7, 11) is 0. The molecule has 1 aliphatic heterocycles. The first kappa shape index (κ1) is 19.3. The molecular weight excluding hydrogens is 639 g/mol. The fraction of sp³-hybridized carbons (Fsp3) is 0.400. The number of carbonyl (C=O) groups is 3. The highest BCUT2D eigenvalue weighted by atomic mass is 127. The molecule has 1 aromatic rings. The molecule has 0 N–H and O–H groups in total. The summed E-state index contributed by atoms with van der Waals surface area (Å²) in [6, 6.07) is 4.12. The van der Waals surface area contributed by atoms with Gasteiger partial charge in [0.15, 0.2) is 0 Å². The average molecular weight is 653 g/mol. The molecule has 0 saturated carbocycles. The van der Waals surface area contributed by atoms with Gasteiger partial charge in [0.1, 0.15) is 0 Å². The second kappa shape index (κ2) is 8.41. The van der Waals surface area contributed by atoms with E-state index >= 15 is 0 Å². The zero-order valence-electron chi connectivity index (χ0n) is 12.3. The normalized spacial score (nSPS) is 15.9. The lowest BCUT2D eigenvalue weighted by atomic mass is 9.97. The van der Waals surface area contributed by atoms with E-state index in [-0.39, 0.29) is 12.8 Å². The molecule has 124 valence electrons. The van der Waals surface area contributed by atoms with Gasteiger partial charge < -0.3 is 4.84 Å². The van der Waals surface area contributed by atoms with Gasteiger partial charge in [-0.15, -0.1) is 5.06 Å². The van der Waals surface area contributed by atoms with E-state index in [1.54, 1.807) is 0 Å². The summed E-state index contributed by atoms with van der Waals surface area (Å²) in [5, 5.41) is 0.620. The Morgan fingerprint density at radius 3 is 2.17 bits per heavy atom. The molecule has 1 atom stereocenters. The maximum atomic E-state index is 12.3. The Kier molecular flexibility index (Phi) is 7.07. The van der Waals surface area contributed by atoms with Crippen molar-refractivity contribution in [3.8, 4) is 0 Å². The number of rotatable bonds is 5. The molecule has 8 heteroatoms. The summed E-state index contributed by atoms with van der Waals surface area (Å²) in [6.07, 6.45) is 1.32. The predicted octanol–water partition coefficient (Wildman–Crippen LogP) is 3.68. The quantitative estimate of drug-likeness (QED) is 0.360. The van der Waals surface area contributed by atoms with Crippen LogP contribution in [0.4, 0.5) is 0 Å². The van der Waals surface area contributed by atoms with E-state index in [9.17, 15) is 14.4 Å². The average Bonchev–Trinajstić information content (AvgIpc) is 2.78. The maximum absolute atomic E-state index is 12.3. The highest BCUT2D eigenvalue weighted by molar-refractivity contribution is 14.1. The first-order valence-electron chi connectivity index (χ1n) is 7.04. The summed E-state index contributed by atoms with van der Waals surface area (Å²) in [4.78, 5) is 40.5. The lowest BCUT2D eigenvalue weighted by molar-refractivity contribution is -0.200. The number of carbonyl (C=O) groups excluding carboxylic acids is 3. The van der Waals surface area contributed by atoms with Crippen molar-refractivity contribution in [3.63, 3.8) is 0 Å². The number of hydrogen-bond acceptors (Lipinski definition) is 4. The second-order valence-corrected chi connectivity index (χ2v) is 8.72. The SMILES string of the molecule is CCC(Cc1c(I)cc(I)cc1I)C(=O)ON1C(=O)CCC1=O. The van der Waals surface area contributed by atoms with Crippen LogP contribution in [0.15, 0.2) is 12.1 Å². The molecule has 1 heterocycles. The third-order valence-corrected chi connectivity index (χ3v) is 6.12. The topological polar surface area (TPSA) is 63.7 Å². The van der Waals surface area contributed by atoms with E-state index in [0.29, 0.717) is 17.9 Å². The first-order chi connectivity index (χ1) is 10.8. The van der Waals surface area contributed by atoms with Crippen molar-refractivity contribution in [1.82, 2.24) is 5.06 Å². The molecule has 0 aromatic heterocycles. The number of benzene rings is 1. The zero-order chi connectivity index (χ0) is 17.1. The third kappa shape index (κ3) is 4.77. The van der Waals surface area contributed by atoms with Gasteiger partial charge in [0, 0.05) is 23.6 Å². The van der Waals surface area contributed by atoms with E-state index in [4.69, 9.17) is 4.84 Å². The van der Waals surface area contributed by atoms with Crippen LogP contribution in [0, 0.1) is 16.6 Å². The highest BCUT2D eigenvalue weighted by Crippen LogP contribution is 2.27. The Labute approximate surface area is 175 Å². The fourth-order valence-electron chi connectivity index (χ4n) is 2.23. The van der Waals surface area contributed by atoms with Crippen molar-refractivity contribution in [2.45, 2.75) is 32.6 Å². The molecule has 1 aliphatic rings. The molecular formula is C15H14I3NO4. The minimum absolute atomic E-state index is 0.107. The lowest BCUT2D eigenvalue weighted by Crippen LogP contribution is -2.35. The predicted molar refractivity (Wildman–Crippen MR) is 109 cm³/mol. The molecule has 1 fully saturated rings. The molecule has 1 unspecified atom stereocenters. The molecule has 23 heavy (non-hydrogen) atoms. The lowest BCUT2D eigenvalue weighted by Gasteiger charge is -2.19. The number of hydroxylamine groups is 2. The van der Waals surface area contributed by atoms with Crippen LogP contribution in [0.1, 0.15) is 31.7 Å². The third-order valence-electron chi connectivity index (χ3n) is 3.57. The number of halogens is 3. The Hall–Kier alpha value is 0.0200. The molecule has 0 aliphatic carbocycles. The van der Waals surface area contributed by atoms with Crippen LogP contribution in [0.25, 0.3) is 0 Å². The van der Waals surface area contributed by atoms with Crippen molar-refractivity contribution in [1.29, 1.82) is 0 Å². The van der Waals surface area contributed by atoms with Crippen LogP contribution in [-0.2, 0) is 25.6 Å². The minimum atomic E-state index is -0.527. The summed E-state index contributed by atoms with van der Waals surface area (Å²) in [5.74, 6) is -1.81. The fourth-order valence-corrected chi connectivity index (χ4v) is 6.25. The van der Waals surface area contributed by atoms with E-state index in [2.05, 4.69) is 79.9 Å². The zero-order valence-corrected chi connectivity index (χ0v) is 18.7. The van der Waals surface area contributed by atoms with Crippen molar-refractivity contribution in [3.05, 3.63) is 28.4 Å². The monoisotopic (exact) mass is 653 g/mol. The largest absolute Gasteiger partial charge is 0.336 e. The Bertz CT molecular complexity index is 623. The van der Waals surface area contributed by atoms with Gasteiger partial charge >= 0.3 is 5.97 Å². The van der Waals surface area contributed by atoms with E-state index < -0.39 is 23.7 Å². The number of nitrogens with zero attached hydrogens (tertiary/aromatic N) is 1. The van der Waals surface area contributed by atoms with Crippen LogP contribution in [-0.4, -0.2) is 22.8 Å². The van der Waals surface area contributed by atoms with Crippen molar-refractivity contribution < 1.29 is 19.2 Å². The summed E-state index contributed by atoms with van der Waals surface area (Å²) < 4.78 is 3.33. The number of amides is 2. The van der Waals surface area contributed by atoms with Gasteiger partial charge in [-0.2, -0.15) is 0 Å². The smallest absolute Gasteiger partial charge is 0.330 e. The van der Waals surface area contributed by atoms with Gasteiger partial charge in [0.25, 0.3) is 11.8 Å². The Balaban J connectivity index is 2.12. The summed E-state index contributed by atoms with van der Waals surface area (Å²) >= 11 is 6.78. The minimum Gasteiger partial charge on any atom is -0.330 e. The van der Waals surface area contributed by atoms with Crippen LogP contribution >= 0.6 is 67.8 Å². The second-order valence-electron chi connectivity index (χ2n) is 5.15. The van der Waals surface area contributed by atoms with Gasteiger partial charge in [-0.05, 0) is 98.3 Å². The number of imide groups is 1. The summed E-state index contributed by atoms with van der Waals surface area (Å²) in [6.45, 7) is 1.89. The van der Waals surface area contributed by atoms with Crippen LogP contribution in [0.3, 0.4) is 0 Å². The maximum Gasteiger partial charge on any atom is 0.336 e. The molecule has 0 bridgehead atoms. The van der Waals surface area contributed by atoms with Gasteiger partial charge in [-0.1, -0.05) is 6.92 Å². The van der Waals surface area contributed by atoms with E-state index in [1.807, 2.05) is 6.92 Å². The van der Waals surface area contributed by atoms with E-state index in [0.717, 1.165) is 16.3 Å². The molecule has 1 aromatic carbocycles. The molecule has 0 radical (unpaired) electrons. The first-order valence-corrected chi connectivity index (χ1v) is 10.3. The van der Waals surface area contributed by atoms with Gasteiger partial charge in [0.2, 0.25) is 0 Å². The standard InChI is InChI=1S/C15H14I3NO4/c1-2-8(5-10-11(17)6-9(16)7-12(10)18)15(22)23-19-13(20)3-4-14(19)21/h6-8H,2-5H2,1H3.